The van der Waals surface area contributed by atoms with E-state index in [1.807, 2.05) is 6.92 Å². The van der Waals surface area contributed by atoms with Crippen molar-refractivity contribution in [3.05, 3.63) is 45.5 Å². The number of hydrogen-bond acceptors (Lipinski definition) is 7. The van der Waals surface area contributed by atoms with Crippen molar-refractivity contribution in [3.63, 3.8) is 0 Å². The van der Waals surface area contributed by atoms with Crippen LogP contribution in [0.4, 0.5) is 13.2 Å². The molecule has 1 aliphatic heterocycles. The van der Waals surface area contributed by atoms with Crippen LogP contribution in [-0.4, -0.2) is 50.9 Å². The summed E-state index contributed by atoms with van der Waals surface area (Å²) in [6, 6.07) is 0. The van der Waals surface area contributed by atoms with E-state index in [4.69, 9.17) is 4.74 Å². The molecule has 0 saturated carbocycles. The summed E-state index contributed by atoms with van der Waals surface area (Å²) in [6.07, 6.45) is -3.09. The largest absolute Gasteiger partial charge is 0.454 e. The van der Waals surface area contributed by atoms with Gasteiger partial charge in [0.2, 0.25) is 0 Å². The number of alkyl halides is 3. The highest BCUT2D eigenvalue weighted by atomic mass is 32.1. The minimum atomic E-state index is -4.63. The summed E-state index contributed by atoms with van der Waals surface area (Å²) in [5.41, 5.74) is -2.63. The van der Waals surface area contributed by atoms with Crippen LogP contribution in [-0.2, 0) is 14.3 Å². The lowest BCUT2D eigenvalue weighted by Gasteiger charge is -2.35. The molecule has 1 aromatic rings. The number of halogens is 3. The fourth-order valence-corrected chi connectivity index (χ4v) is 4.90. The Balaban J connectivity index is 2.58. The van der Waals surface area contributed by atoms with Crippen LogP contribution in [0.1, 0.15) is 71.5 Å². The molecule has 2 N–H and O–H groups in total. The van der Waals surface area contributed by atoms with E-state index in [-0.39, 0.29) is 6.42 Å². The zero-order chi connectivity index (χ0) is 29.1. The van der Waals surface area contributed by atoms with Crippen LogP contribution < -0.4 is 0 Å². The Morgan fingerprint density at radius 1 is 1.21 bits per heavy atom. The number of aryl methyl sites for hydroxylation is 1. The molecule has 0 aromatic carbocycles. The zero-order valence-corrected chi connectivity index (χ0v) is 23.7. The molecule has 5 atom stereocenters. The number of esters is 1. The first kappa shape index (κ1) is 31.9. The molecule has 2 rings (SSSR count). The molecule has 0 saturated heterocycles. The van der Waals surface area contributed by atoms with Gasteiger partial charge in [0.25, 0.3) is 0 Å². The molecule has 0 bridgehead atoms. The Morgan fingerprint density at radius 3 is 2.39 bits per heavy atom. The molecule has 1 unspecified atom stereocenters. The Labute approximate surface area is 226 Å². The van der Waals surface area contributed by atoms with Gasteiger partial charge in [-0.25, -0.2) is 4.98 Å². The standard InChI is InChI=1S/C28H38F3NO5S/c1-16-9-8-10-20(28(29,30)31)11-12-27(7,17(2)13-21-15-38-19(4)32-21)37-23(34)14-22(33)26(5,6)25(36)18(3)24(16)35/h8-9,11,13,15-16,18,22,24,33,35H,10,12,14H2,1-7H3/b9-8+,17-13+,20-11+/t16-,18+,22-,24?,27-/m0/s1. The lowest BCUT2D eigenvalue weighted by Crippen LogP contribution is -2.46. The van der Waals surface area contributed by atoms with E-state index in [9.17, 15) is 33.0 Å². The maximum atomic E-state index is 13.9. The lowest BCUT2D eigenvalue weighted by atomic mass is 9.73. The van der Waals surface area contributed by atoms with E-state index in [1.54, 1.807) is 25.3 Å². The average molecular weight is 558 g/mol. The van der Waals surface area contributed by atoms with Crippen molar-refractivity contribution in [3.8, 4) is 0 Å². The minimum absolute atomic E-state index is 0.277. The van der Waals surface area contributed by atoms with Gasteiger partial charge in [-0.3, -0.25) is 9.59 Å². The molecule has 0 fully saturated rings. The molecule has 2 heterocycles. The van der Waals surface area contributed by atoms with E-state index in [1.165, 1.54) is 51.2 Å². The van der Waals surface area contributed by atoms with Crippen molar-refractivity contribution in [2.75, 3.05) is 0 Å². The van der Waals surface area contributed by atoms with Crippen LogP contribution in [0.5, 0.6) is 0 Å². The third kappa shape index (κ3) is 7.86. The average Bonchev–Trinajstić information content (AvgIpc) is 3.22. The van der Waals surface area contributed by atoms with Crippen LogP contribution in [0.3, 0.4) is 0 Å². The summed E-state index contributed by atoms with van der Waals surface area (Å²) >= 11 is 1.41. The number of ether oxygens (including phenoxy) is 1. The van der Waals surface area contributed by atoms with Gasteiger partial charge in [-0.2, -0.15) is 13.2 Å². The maximum Gasteiger partial charge on any atom is 0.412 e. The third-order valence-electron chi connectivity index (χ3n) is 7.35. The first-order valence-electron chi connectivity index (χ1n) is 12.5. The van der Waals surface area contributed by atoms with Gasteiger partial charge in [0, 0.05) is 29.2 Å². The Hall–Kier alpha value is -2.30. The fraction of sp³-hybridized carbons (Fsp3) is 0.607. The predicted octanol–water partition coefficient (Wildman–Crippen LogP) is 5.97. The molecule has 10 heteroatoms. The molecular formula is C28H38F3NO5S. The normalized spacial score (nSPS) is 32.8. The first-order chi connectivity index (χ1) is 17.4. The van der Waals surface area contributed by atoms with E-state index in [0.717, 1.165) is 11.1 Å². The smallest absolute Gasteiger partial charge is 0.412 e. The van der Waals surface area contributed by atoms with Gasteiger partial charge in [0.15, 0.2) is 0 Å². The number of aromatic nitrogens is 1. The number of carbonyl (C=O) groups is 2. The van der Waals surface area contributed by atoms with Crippen molar-refractivity contribution in [1.29, 1.82) is 0 Å². The molecule has 0 aliphatic carbocycles. The number of thiazole rings is 1. The summed E-state index contributed by atoms with van der Waals surface area (Å²) < 4.78 is 47.4. The molecule has 6 nitrogen and oxygen atoms in total. The summed E-state index contributed by atoms with van der Waals surface area (Å²) in [5.74, 6) is -2.88. The number of aliphatic hydroxyl groups excluding tert-OH is 2. The van der Waals surface area contributed by atoms with E-state index >= 15 is 0 Å². The van der Waals surface area contributed by atoms with Crippen LogP contribution in [0, 0.1) is 24.2 Å². The second-order valence-electron chi connectivity index (χ2n) is 10.8. The molecule has 212 valence electrons. The summed E-state index contributed by atoms with van der Waals surface area (Å²) in [5, 5.41) is 24.1. The predicted molar refractivity (Wildman–Crippen MR) is 141 cm³/mol. The molecule has 0 radical (unpaired) electrons. The fourth-order valence-electron chi connectivity index (χ4n) is 4.33. The number of aliphatic hydroxyl groups is 2. The van der Waals surface area contributed by atoms with Crippen molar-refractivity contribution < 1.29 is 37.7 Å². The topological polar surface area (TPSA) is 96.7 Å². The van der Waals surface area contributed by atoms with Crippen molar-refractivity contribution >= 4 is 29.2 Å². The molecule has 1 aliphatic rings. The molecule has 1 aromatic heterocycles. The van der Waals surface area contributed by atoms with Crippen LogP contribution in [0.25, 0.3) is 6.08 Å². The van der Waals surface area contributed by atoms with Gasteiger partial charge >= 0.3 is 12.1 Å². The first-order valence-corrected chi connectivity index (χ1v) is 13.4. The minimum Gasteiger partial charge on any atom is -0.454 e. The van der Waals surface area contributed by atoms with Gasteiger partial charge in [-0.1, -0.05) is 45.9 Å². The van der Waals surface area contributed by atoms with Gasteiger partial charge in [0.05, 0.1) is 34.7 Å². The summed E-state index contributed by atoms with van der Waals surface area (Å²) in [6.45, 7) is 11.1. The number of ketones is 1. The van der Waals surface area contributed by atoms with E-state index in [0.29, 0.717) is 11.3 Å². The molecule has 38 heavy (non-hydrogen) atoms. The van der Waals surface area contributed by atoms with Gasteiger partial charge in [0.1, 0.15) is 11.4 Å². The highest BCUT2D eigenvalue weighted by molar-refractivity contribution is 7.09. The Morgan fingerprint density at radius 2 is 1.84 bits per heavy atom. The van der Waals surface area contributed by atoms with Crippen LogP contribution >= 0.6 is 11.3 Å². The number of nitrogens with zero attached hydrogens (tertiary/aromatic N) is 1. The number of cyclic esters (lactones) is 1. The van der Waals surface area contributed by atoms with Crippen molar-refractivity contribution in [1.82, 2.24) is 4.98 Å². The molecule has 0 spiro atoms. The van der Waals surface area contributed by atoms with Crippen molar-refractivity contribution in [2.45, 2.75) is 91.7 Å². The number of rotatable bonds is 2. The van der Waals surface area contributed by atoms with Crippen LogP contribution in [0.2, 0.25) is 0 Å². The van der Waals surface area contributed by atoms with Gasteiger partial charge < -0.3 is 14.9 Å². The zero-order valence-electron chi connectivity index (χ0n) is 22.9. The maximum absolute atomic E-state index is 13.9. The number of allylic oxidation sites excluding steroid dienone is 2. The Kier molecular flexibility index (Phi) is 10.3. The van der Waals surface area contributed by atoms with Crippen LogP contribution in [0.15, 0.2) is 34.8 Å². The number of carbonyl (C=O) groups excluding carboxylic acids is 2. The highest BCUT2D eigenvalue weighted by Gasteiger charge is 2.43. The summed E-state index contributed by atoms with van der Waals surface area (Å²) in [7, 11) is 0. The highest BCUT2D eigenvalue weighted by Crippen LogP contribution is 2.36. The van der Waals surface area contributed by atoms with E-state index in [2.05, 4.69) is 4.98 Å². The third-order valence-corrected chi connectivity index (χ3v) is 8.14. The number of Topliss-reactive ketones (excluding diaryl/α,β-unsaturated/α-hetero) is 1. The lowest BCUT2D eigenvalue weighted by molar-refractivity contribution is -0.160. The van der Waals surface area contributed by atoms with Gasteiger partial charge in [-0.15, -0.1) is 11.3 Å². The van der Waals surface area contributed by atoms with Gasteiger partial charge in [-0.05, 0) is 38.8 Å². The SMILES string of the molecule is C/C(=C\c1csc(C)n1)[C@]1(C)C/C=C(/C(F)(F)F)C/C=C/[C@H](C)C(O)[C@@H](C)C(=O)C(C)(C)[C@@H](O)CC(=O)O1. The summed E-state index contributed by atoms with van der Waals surface area (Å²) in [4.78, 5) is 30.5. The second-order valence-corrected chi connectivity index (χ2v) is 11.9. The van der Waals surface area contributed by atoms with Crippen molar-refractivity contribution in [2.24, 2.45) is 17.3 Å². The number of hydrogen-bond donors (Lipinski definition) is 2. The molecular weight excluding hydrogens is 519 g/mol. The quantitative estimate of drug-likeness (QED) is 0.343. The Bertz CT molecular complexity index is 1100. The molecule has 0 amide bonds. The van der Waals surface area contributed by atoms with E-state index < -0.39 is 71.4 Å². The monoisotopic (exact) mass is 557 g/mol. The second kappa shape index (κ2) is 12.3.